The molecule has 0 spiro atoms. The molecule has 2 rings (SSSR count). The monoisotopic (exact) mass is 234 g/mol. The summed E-state index contributed by atoms with van der Waals surface area (Å²) in [4.78, 5) is 5.46. The van der Waals surface area contributed by atoms with Gasteiger partial charge in [-0.15, -0.1) is 0 Å². The van der Waals surface area contributed by atoms with Crippen LogP contribution >= 0.6 is 11.8 Å². The van der Waals surface area contributed by atoms with E-state index in [2.05, 4.69) is 4.98 Å². The molecule has 0 aliphatic heterocycles. The first-order valence-electron chi connectivity index (χ1n) is 5.10. The van der Waals surface area contributed by atoms with Gasteiger partial charge in [0.1, 0.15) is 10.8 Å². The molecule has 1 atom stereocenters. The molecule has 0 aliphatic rings. The topological polar surface area (TPSA) is 52.0 Å². The van der Waals surface area contributed by atoms with Crippen molar-refractivity contribution < 1.29 is 4.42 Å². The predicted octanol–water partition coefficient (Wildman–Crippen LogP) is 3.15. The van der Waals surface area contributed by atoms with Crippen molar-refractivity contribution in [2.45, 2.75) is 29.8 Å². The van der Waals surface area contributed by atoms with Gasteiger partial charge in [-0.25, -0.2) is 4.98 Å². The second-order valence-electron chi connectivity index (χ2n) is 3.66. The number of nitrogens with zero attached hydrogens (tertiary/aromatic N) is 1. The first-order chi connectivity index (χ1) is 7.66. The molecule has 0 saturated carbocycles. The van der Waals surface area contributed by atoms with Gasteiger partial charge < -0.3 is 10.2 Å². The van der Waals surface area contributed by atoms with E-state index in [9.17, 15) is 0 Å². The smallest absolute Gasteiger partial charge is 0.114 e. The molecular formula is C12H14N2OS. The molecule has 1 unspecified atom stereocenters. The molecule has 0 aliphatic carbocycles. The third-order valence-electron chi connectivity index (χ3n) is 2.31. The average molecular weight is 234 g/mol. The molecular weight excluding hydrogens is 220 g/mol. The first-order valence-corrected chi connectivity index (χ1v) is 5.92. The van der Waals surface area contributed by atoms with E-state index in [0.29, 0.717) is 0 Å². The van der Waals surface area contributed by atoms with Crippen molar-refractivity contribution in [2.24, 2.45) is 5.73 Å². The highest BCUT2D eigenvalue weighted by molar-refractivity contribution is 7.99. The van der Waals surface area contributed by atoms with Crippen molar-refractivity contribution >= 4 is 11.8 Å². The van der Waals surface area contributed by atoms with Gasteiger partial charge in [-0.1, -0.05) is 17.8 Å². The Bertz CT molecular complexity index is 462. The SMILES string of the molecule is Cc1occc1Sc1ccc(C(C)N)cn1. The van der Waals surface area contributed by atoms with Crippen molar-refractivity contribution in [1.82, 2.24) is 4.98 Å². The highest BCUT2D eigenvalue weighted by Gasteiger charge is 2.05. The van der Waals surface area contributed by atoms with Crippen LogP contribution < -0.4 is 5.73 Å². The fourth-order valence-corrected chi connectivity index (χ4v) is 2.10. The van der Waals surface area contributed by atoms with Gasteiger partial charge in [0.25, 0.3) is 0 Å². The van der Waals surface area contributed by atoms with Gasteiger partial charge in [0, 0.05) is 12.2 Å². The van der Waals surface area contributed by atoms with E-state index in [1.807, 2.05) is 38.2 Å². The van der Waals surface area contributed by atoms with E-state index < -0.39 is 0 Å². The van der Waals surface area contributed by atoms with Crippen molar-refractivity contribution in [3.63, 3.8) is 0 Å². The summed E-state index contributed by atoms with van der Waals surface area (Å²) in [6.07, 6.45) is 3.51. The number of hydrogen-bond donors (Lipinski definition) is 1. The van der Waals surface area contributed by atoms with Crippen LogP contribution in [0.5, 0.6) is 0 Å². The molecule has 0 aromatic carbocycles. The number of rotatable bonds is 3. The molecule has 2 heterocycles. The highest BCUT2D eigenvalue weighted by atomic mass is 32.2. The maximum Gasteiger partial charge on any atom is 0.114 e. The lowest BCUT2D eigenvalue weighted by Crippen LogP contribution is -2.04. The first kappa shape index (κ1) is 11.2. The molecule has 0 amide bonds. The maximum atomic E-state index is 5.76. The van der Waals surface area contributed by atoms with Crippen molar-refractivity contribution in [1.29, 1.82) is 0 Å². The molecule has 3 nitrogen and oxygen atoms in total. The van der Waals surface area contributed by atoms with Gasteiger partial charge in [-0.2, -0.15) is 0 Å². The summed E-state index contributed by atoms with van der Waals surface area (Å²) in [5.74, 6) is 0.920. The summed E-state index contributed by atoms with van der Waals surface area (Å²) in [5.41, 5.74) is 6.81. The van der Waals surface area contributed by atoms with Gasteiger partial charge in [0.2, 0.25) is 0 Å². The molecule has 84 valence electrons. The summed E-state index contributed by atoms with van der Waals surface area (Å²) in [6.45, 7) is 3.89. The minimum absolute atomic E-state index is 0.0298. The molecule has 0 radical (unpaired) electrons. The molecule has 16 heavy (non-hydrogen) atoms. The zero-order chi connectivity index (χ0) is 11.5. The number of aromatic nitrogens is 1. The van der Waals surface area contributed by atoms with Gasteiger partial charge in [-0.05, 0) is 31.5 Å². The van der Waals surface area contributed by atoms with Crippen molar-refractivity contribution in [3.8, 4) is 0 Å². The Hall–Kier alpha value is -1.26. The summed E-state index contributed by atoms with van der Waals surface area (Å²) < 4.78 is 5.23. The second-order valence-corrected chi connectivity index (χ2v) is 4.72. The number of furan rings is 1. The fourth-order valence-electron chi connectivity index (χ4n) is 1.31. The van der Waals surface area contributed by atoms with Crippen molar-refractivity contribution in [2.75, 3.05) is 0 Å². The van der Waals surface area contributed by atoms with Gasteiger partial charge >= 0.3 is 0 Å². The van der Waals surface area contributed by atoms with Gasteiger partial charge in [-0.3, -0.25) is 0 Å². The number of aryl methyl sites for hydroxylation is 1. The zero-order valence-corrected chi connectivity index (χ0v) is 10.1. The standard InChI is InChI=1S/C12H14N2OS/c1-8(13)10-3-4-12(14-7-10)16-11-5-6-15-9(11)2/h3-8H,13H2,1-2H3. The van der Waals surface area contributed by atoms with E-state index in [-0.39, 0.29) is 6.04 Å². The Morgan fingerprint density at radius 1 is 1.38 bits per heavy atom. The predicted molar refractivity (Wildman–Crippen MR) is 64.4 cm³/mol. The van der Waals surface area contributed by atoms with Crippen LogP contribution in [0, 0.1) is 6.92 Å². The van der Waals surface area contributed by atoms with Crippen LogP contribution in [-0.4, -0.2) is 4.98 Å². The number of nitrogens with two attached hydrogens (primary N) is 1. The second kappa shape index (κ2) is 4.72. The zero-order valence-electron chi connectivity index (χ0n) is 9.31. The minimum atomic E-state index is 0.0298. The van der Waals surface area contributed by atoms with Crippen LogP contribution in [0.3, 0.4) is 0 Å². The van der Waals surface area contributed by atoms with Crippen LogP contribution in [0.1, 0.15) is 24.3 Å². The minimum Gasteiger partial charge on any atom is -0.468 e. The lowest BCUT2D eigenvalue weighted by Gasteiger charge is -2.05. The molecule has 2 aromatic heterocycles. The van der Waals surface area contributed by atoms with Crippen LogP contribution in [0.4, 0.5) is 0 Å². The molecule has 0 fully saturated rings. The summed E-state index contributed by atoms with van der Waals surface area (Å²) in [6, 6.07) is 5.97. The number of pyridine rings is 1. The largest absolute Gasteiger partial charge is 0.468 e. The molecule has 2 N–H and O–H groups in total. The highest BCUT2D eigenvalue weighted by Crippen LogP contribution is 2.29. The Labute approximate surface area is 99.1 Å². The van der Waals surface area contributed by atoms with E-state index >= 15 is 0 Å². The molecule has 2 aromatic rings. The Morgan fingerprint density at radius 2 is 2.19 bits per heavy atom. The quantitative estimate of drug-likeness (QED) is 0.886. The normalized spacial score (nSPS) is 12.7. The lowest BCUT2D eigenvalue weighted by molar-refractivity contribution is 0.527. The Balaban J connectivity index is 2.14. The number of hydrogen-bond acceptors (Lipinski definition) is 4. The van der Waals surface area contributed by atoms with Crippen LogP contribution in [0.2, 0.25) is 0 Å². The molecule has 0 bridgehead atoms. The Morgan fingerprint density at radius 3 is 2.69 bits per heavy atom. The van der Waals surface area contributed by atoms with Crippen LogP contribution in [0.15, 0.2) is 45.0 Å². The fraction of sp³-hybridized carbons (Fsp3) is 0.250. The Kier molecular flexibility index (Phi) is 3.31. The van der Waals surface area contributed by atoms with Gasteiger partial charge in [0.05, 0.1) is 11.2 Å². The van der Waals surface area contributed by atoms with Gasteiger partial charge in [0.15, 0.2) is 0 Å². The van der Waals surface area contributed by atoms with E-state index in [0.717, 1.165) is 21.2 Å². The van der Waals surface area contributed by atoms with Crippen molar-refractivity contribution in [3.05, 3.63) is 42.0 Å². The molecule has 0 saturated heterocycles. The van der Waals surface area contributed by atoms with E-state index in [4.69, 9.17) is 10.2 Å². The summed E-state index contributed by atoms with van der Waals surface area (Å²) in [5, 5.41) is 0.953. The lowest BCUT2D eigenvalue weighted by atomic mass is 10.2. The maximum absolute atomic E-state index is 5.76. The third kappa shape index (κ3) is 2.46. The average Bonchev–Trinajstić information content (AvgIpc) is 2.65. The summed E-state index contributed by atoms with van der Waals surface area (Å²) >= 11 is 1.60. The summed E-state index contributed by atoms with van der Waals surface area (Å²) in [7, 11) is 0. The van der Waals surface area contributed by atoms with Crippen LogP contribution in [0.25, 0.3) is 0 Å². The third-order valence-corrected chi connectivity index (χ3v) is 3.40. The van der Waals surface area contributed by atoms with E-state index in [1.54, 1.807) is 18.0 Å². The van der Waals surface area contributed by atoms with Crippen LogP contribution in [-0.2, 0) is 0 Å². The molecule has 4 heteroatoms. The van der Waals surface area contributed by atoms with E-state index in [1.165, 1.54) is 0 Å².